The molecule has 1 aliphatic heterocycles. The molecule has 1 aromatic heterocycles. The SMILES string of the molecule is COc1ccccc1C(=O)N1CCCC1c1nc(-c2ccc(Br)cc2)no1. The number of likely N-dealkylation sites (tertiary alicyclic amines) is 1. The molecule has 1 amide bonds. The number of rotatable bonds is 4. The van der Waals surface area contributed by atoms with Gasteiger partial charge in [-0.1, -0.05) is 33.2 Å². The molecule has 6 nitrogen and oxygen atoms in total. The molecule has 1 aliphatic rings. The number of para-hydroxylation sites is 1. The normalized spacial score (nSPS) is 16.5. The topological polar surface area (TPSA) is 68.5 Å². The molecular formula is C20H18BrN3O3. The standard InChI is InChI=1S/C20H18BrN3O3/c1-26-17-7-3-2-5-15(17)20(25)24-12-4-6-16(24)19-22-18(23-27-19)13-8-10-14(21)11-9-13/h2-3,5,7-11,16H,4,6,12H2,1H3. The molecule has 1 saturated heterocycles. The number of benzene rings is 2. The molecular weight excluding hydrogens is 410 g/mol. The van der Waals surface area contributed by atoms with Gasteiger partial charge < -0.3 is 14.2 Å². The summed E-state index contributed by atoms with van der Waals surface area (Å²) in [5.74, 6) is 1.47. The van der Waals surface area contributed by atoms with E-state index in [1.165, 1.54) is 0 Å². The van der Waals surface area contributed by atoms with E-state index in [1.54, 1.807) is 24.1 Å². The monoisotopic (exact) mass is 427 g/mol. The van der Waals surface area contributed by atoms with Crippen LogP contribution in [0.4, 0.5) is 0 Å². The highest BCUT2D eigenvalue weighted by atomic mass is 79.9. The lowest BCUT2D eigenvalue weighted by Crippen LogP contribution is -2.31. The molecule has 0 aliphatic carbocycles. The molecule has 7 heteroatoms. The van der Waals surface area contributed by atoms with E-state index < -0.39 is 0 Å². The lowest BCUT2D eigenvalue weighted by molar-refractivity contribution is 0.0706. The summed E-state index contributed by atoms with van der Waals surface area (Å²) < 4.78 is 11.8. The fourth-order valence-corrected chi connectivity index (χ4v) is 3.59. The van der Waals surface area contributed by atoms with E-state index in [4.69, 9.17) is 9.26 Å². The van der Waals surface area contributed by atoms with E-state index in [0.29, 0.717) is 29.6 Å². The minimum Gasteiger partial charge on any atom is -0.496 e. The highest BCUT2D eigenvalue weighted by Crippen LogP contribution is 2.34. The number of hydrogen-bond donors (Lipinski definition) is 0. The van der Waals surface area contributed by atoms with Crippen LogP contribution in [0.2, 0.25) is 0 Å². The zero-order chi connectivity index (χ0) is 18.8. The number of carbonyl (C=O) groups excluding carboxylic acids is 1. The maximum absolute atomic E-state index is 13.1. The lowest BCUT2D eigenvalue weighted by Gasteiger charge is -2.22. The first kappa shape index (κ1) is 17.7. The Balaban J connectivity index is 1.60. The molecule has 0 bridgehead atoms. The van der Waals surface area contributed by atoms with Crippen LogP contribution in [0.25, 0.3) is 11.4 Å². The zero-order valence-electron chi connectivity index (χ0n) is 14.8. The summed E-state index contributed by atoms with van der Waals surface area (Å²) in [5.41, 5.74) is 1.41. The third kappa shape index (κ3) is 3.47. The van der Waals surface area contributed by atoms with Crippen LogP contribution in [-0.4, -0.2) is 34.6 Å². The van der Waals surface area contributed by atoms with Crippen molar-refractivity contribution < 1.29 is 14.1 Å². The second kappa shape index (κ2) is 7.52. The smallest absolute Gasteiger partial charge is 0.258 e. The second-order valence-corrected chi connectivity index (χ2v) is 7.24. The molecule has 1 unspecified atom stereocenters. The number of amides is 1. The van der Waals surface area contributed by atoms with E-state index in [9.17, 15) is 4.79 Å². The van der Waals surface area contributed by atoms with Gasteiger partial charge in [0.05, 0.1) is 12.7 Å². The molecule has 4 rings (SSSR count). The number of aromatic nitrogens is 2. The van der Waals surface area contributed by atoms with Gasteiger partial charge in [-0.15, -0.1) is 0 Å². The molecule has 0 N–H and O–H groups in total. The molecule has 2 aromatic carbocycles. The van der Waals surface area contributed by atoms with Gasteiger partial charge in [0.2, 0.25) is 11.7 Å². The molecule has 0 spiro atoms. The molecule has 3 aromatic rings. The largest absolute Gasteiger partial charge is 0.496 e. The van der Waals surface area contributed by atoms with E-state index >= 15 is 0 Å². The van der Waals surface area contributed by atoms with E-state index in [2.05, 4.69) is 26.1 Å². The van der Waals surface area contributed by atoms with Gasteiger partial charge in [-0.05, 0) is 49.2 Å². The molecule has 1 fully saturated rings. The van der Waals surface area contributed by atoms with E-state index in [1.807, 2.05) is 36.4 Å². The number of halogens is 1. The first-order chi connectivity index (χ1) is 13.2. The van der Waals surface area contributed by atoms with Crippen LogP contribution in [0.15, 0.2) is 57.5 Å². The summed E-state index contributed by atoms with van der Waals surface area (Å²) in [4.78, 5) is 19.4. The van der Waals surface area contributed by atoms with Crippen molar-refractivity contribution in [2.75, 3.05) is 13.7 Å². The van der Waals surface area contributed by atoms with Crippen molar-refractivity contribution in [1.82, 2.24) is 15.0 Å². The lowest BCUT2D eigenvalue weighted by atomic mass is 10.1. The van der Waals surface area contributed by atoms with Crippen molar-refractivity contribution in [1.29, 1.82) is 0 Å². The van der Waals surface area contributed by atoms with Crippen LogP contribution < -0.4 is 4.74 Å². The summed E-state index contributed by atoms with van der Waals surface area (Å²) in [6, 6.07) is 14.7. The van der Waals surface area contributed by atoms with Crippen LogP contribution in [0, 0.1) is 0 Å². The Morgan fingerprint density at radius 1 is 1.22 bits per heavy atom. The first-order valence-corrected chi connectivity index (χ1v) is 9.50. The Kier molecular flexibility index (Phi) is 4.94. The van der Waals surface area contributed by atoms with Gasteiger partial charge in [0.1, 0.15) is 11.8 Å². The minimum atomic E-state index is -0.223. The number of ether oxygens (including phenoxy) is 1. The molecule has 27 heavy (non-hydrogen) atoms. The van der Waals surface area contributed by atoms with Gasteiger partial charge in [0, 0.05) is 16.6 Å². The third-order valence-corrected chi connectivity index (χ3v) is 5.21. The zero-order valence-corrected chi connectivity index (χ0v) is 16.3. The Labute approximate surface area is 165 Å². The van der Waals surface area contributed by atoms with Crippen molar-refractivity contribution in [2.45, 2.75) is 18.9 Å². The Hall–Kier alpha value is -2.67. The van der Waals surface area contributed by atoms with Crippen molar-refractivity contribution in [3.63, 3.8) is 0 Å². The number of methoxy groups -OCH3 is 1. The Morgan fingerprint density at radius 3 is 2.78 bits per heavy atom. The van der Waals surface area contributed by atoms with E-state index in [0.717, 1.165) is 22.9 Å². The summed E-state index contributed by atoms with van der Waals surface area (Å²) >= 11 is 3.42. The van der Waals surface area contributed by atoms with Crippen molar-refractivity contribution in [3.05, 3.63) is 64.5 Å². The fraction of sp³-hybridized carbons (Fsp3) is 0.250. The molecule has 138 valence electrons. The molecule has 1 atom stereocenters. The number of hydrogen-bond acceptors (Lipinski definition) is 5. The van der Waals surface area contributed by atoms with Gasteiger partial charge in [0.25, 0.3) is 5.91 Å². The maximum Gasteiger partial charge on any atom is 0.258 e. The maximum atomic E-state index is 13.1. The summed E-state index contributed by atoms with van der Waals surface area (Å²) in [6.07, 6.45) is 1.68. The quantitative estimate of drug-likeness (QED) is 0.613. The first-order valence-electron chi connectivity index (χ1n) is 8.71. The second-order valence-electron chi connectivity index (χ2n) is 6.32. The Morgan fingerprint density at radius 2 is 2.00 bits per heavy atom. The fourth-order valence-electron chi connectivity index (χ4n) is 3.33. The highest BCUT2D eigenvalue weighted by molar-refractivity contribution is 9.10. The van der Waals surface area contributed by atoms with Gasteiger partial charge >= 0.3 is 0 Å². The van der Waals surface area contributed by atoms with Crippen molar-refractivity contribution >= 4 is 21.8 Å². The average Bonchev–Trinajstić information content (AvgIpc) is 3.37. The van der Waals surface area contributed by atoms with Crippen LogP contribution in [0.3, 0.4) is 0 Å². The average molecular weight is 428 g/mol. The number of nitrogens with zero attached hydrogens (tertiary/aromatic N) is 3. The number of carbonyl (C=O) groups is 1. The van der Waals surface area contributed by atoms with Crippen molar-refractivity contribution in [3.8, 4) is 17.1 Å². The molecule has 0 radical (unpaired) electrons. The van der Waals surface area contributed by atoms with Gasteiger partial charge in [-0.2, -0.15) is 4.98 Å². The predicted molar refractivity (Wildman–Crippen MR) is 103 cm³/mol. The van der Waals surface area contributed by atoms with Gasteiger partial charge in [-0.25, -0.2) is 0 Å². The van der Waals surface area contributed by atoms with Gasteiger partial charge in [0.15, 0.2) is 0 Å². The van der Waals surface area contributed by atoms with E-state index in [-0.39, 0.29) is 11.9 Å². The minimum absolute atomic E-state index is 0.0849. The van der Waals surface area contributed by atoms with Crippen LogP contribution in [0.1, 0.15) is 35.1 Å². The van der Waals surface area contributed by atoms with Crippen molar-refractivity contribution in [2.24, 2.45) is 0 Å². The third-order valence-electron chi connectivity index (χ3n) is 4.68. The van der Waals surface area contributed by atoms with Crippen LogP contribution in [0.5, 0.6) is 5.75 Å². The molecule has 2 heterocycles. The van der Waals surface area contributed by atoms with Crippen LogP contribution in [-0.2, 0) is 0 Å². The van der Waals surface area contributed by atoms with Gasteiger partial charge in [-0.3, -0.25) is 4.79 Å². The summed E-state index contributed by atoms with van der Waals surface area (Å²) in [5, 5.41) is 4.10. The predicted octanol–water partition coefficient (Wildman–Crippen LogP) is 4.49. The molecule has 0 saturated carbocycles. The summed E-state index contributed by atoms with van der Waals surface area (Å²) in [6.45, 7) is 0.650. The van der Waals surface area contributed by atoms with Crippen LogP contribution >= 0.6 is 15.9 Å². The highest BCUT2D eigenvalue weighted by Gasteiger charge is 2.35. The summed E-state index contributed by atoms with van der Waals surface area (Å²) in [7, 11) is 1.57. The Bertz CT molecular complexity index is 955.